The van der Waals surface area contributed by atoms with Crippen LogP contribution in [0.15, 0.2) is 140 Å². The summed E-state index contributed by atoms with van der Waals surface area (Å²) in [4.78, 5) is 19.6. The van der Waals surface area contributed by atoms with Gasteiger partial charge in [0.05, 0.1) is 16.7 Å². The lowest BCUT2D eigenvalue weighted by molar-refractivity contribution is 0.590. The Morgan fingerprint density at radius 2 is 0.941 bits per heavy atom. The van der Waals surface area contributed by atoms with Crippen LogP contribution in [-0.4, -0.2) is 24.5 Å². The molecule has 3 aromatic heterocycles. The highest BCUT2D eigenvalue weighted by Crippen LogP contribution is 2.41. The number of nitrogens with zero attached hydrogens (tertiary/aromatic N) is 5. The summed E-state index contributed by atoms with van der Waals surface area (Å²) in [6.45, 7) is 13.7. The van der Waals surface area contributed by atoms with Crippen molar-refractivity contribution in [1.29, 1.82) is 0 Å². The fourth-order valence-corrected chi connectivity index (χ4v) is 6.78. The standard InChI is InChI=1S/C46H41N5/c1-45(2,3)34-20-23-39-37(27-34)38-28-35(46(4,5)6)21-24-40(38)51(39)41-26-32(19-22-36(41)33-18-13-25-47-29-33)44-49-42(30-14-9-7-10-15-30)48-43(50-44)31-16-11-8-12-17-31/h7-29H,1-6H3. The molecule has 250 valence electrons. The van der Waals surface area contributed by atoms with Gasteiger partial charge in [-0.25, -0.2) is 15.0 Å². The van der Waals surface area contributed by atoms with E-state index >= 15 is 0 Å². The van der Waals surface area contributed by atoms with E-state index in [0.717, 1.165) is 44.5 Å². The molecule has 0 atom stereocenters. The van der Waals surface area contributed by atoms with Crippen LogP contribution in [0.4, 0.5) is 0 Å². The molecule has 0 radical (unpaired) electrons. The minimum Gasteiger partial charge on any atom is -0.309 e. The van der Waals surface area contributed by atoms with E-state index in [0.29, 0.717) is 17.5 Å². The number of benzene rings is 5. The largest absolute Gasteiger partial charge is 0.309 e. The maximum atomic E-state index is 5.08. The van der Waals surface area contributed by atoms with Crippen molar-refractivity contribution in [3.63, 3.8) is 0 Å². The highest BCUT2D eigenvalue weighted by Gasteiger charge is 2.23. The zero-order chi connectivity index (χ0) is 35.3. The van der Waals surface area contributed by atoms with E-state index in [1.807, 2.05) is 79.1 Å². The van der Waals surface area contributed by atoms with Crippen LogP contribution in [0.1, 0.15) is 52.7 Å². The van der Waals surface area contributed by atoms with Gasteiger partial charge in [0.25, 0.3) is 0 Å². The third-order valence-corrected chi connectivity index (χ3v) is 9.67. The Morgan fingerprint density at radius 3 is 1.41 bits per heavy atom. The van der Waals surface area contributed by atoms with Crippen molar-refractivity contribution in [2.45, 2.75) is 52.4 Å². The third kappa shape index (κ3) is 6.10. The van der Waals surface area contributed by atoms with Gasteiger partial charge in [-0.2, -0.15) is 0 Å². The van der Waals surface area contributed by atoms with Gasteiger partial charge in [0.15, 0.2) is 17.5 Å². The Bertz CT molecular complexity index is 2390. The van der Waals surface area contributed by atoms with Gasteiger partial charge in [-0.1, -0.05) is 133 Å². The predicted molar refractivity (Wildman–Crippen MR) is 211 cm³/mol. The molecule has 5 nitrogen and oxygen atoms in total. The maximum Gasteiger partial charge on any atom is 0.164 e. The van der Waals surface area contributed by atoms with Gasteiger partial charge in [0, 0.05) is 51.0 Å². The average Bonchev–Trinajstić information content (AvgIpc) is 3.48. The van der Waals surface area contributed by atoms with E-state index in [1.54, 1.807) is 0 Å². The van der Waals surface area contributed by atoms with Gasteiger partial charge in [-0.15, -0.1) is 0 Å². The van der Waals surface area contributed by atoms with E-state index < -0.39 is 0 Å². The monoisotopic (exact) mass is 663 g/mol. The van der Waals surface area contributed by atoms with Gasteiger partial charge in [-0.3, -0.25) is 4.98 Å². The van der Waals surface area contributed by atoms with Crippen molar-refractivity contribution in [1.82, 2.24) is 24.5 Å². The first-order chi connectivity index (χ1) is 24.5. The fourth-order valence-electron chi connectivity index (χ4n) is 6.78. The lowest BCUT2D eigenvalue weighted by Crippen LogP contribution is -2.10. The van der Waals surface area contributed by atoms with Gasteiger partial charge in [-0.05, 0) is 58.4 Å². The summed E-state index contributed by atoms with van der Waals surface area (Å²) in [5, 5.41) is 2.48. The number of rotatable bonds is 5. The summed E-state index contributed by atoms with van der Waals surface area (Å²) >= 11 is 0. The Morgan fingerprint density at radius 1 is 0.451 bits per heavy atom. The molecule has 0 unspecified atom stereocenters. The van der Waals surface area contributed by atoms with E-state index in [2.05, 4.69) is 112 Å². The summed E-state index contributed by atoms with van der Waals surface area (Å²) in [5.74, 6) is 1.89. The number of aromatic nitrogens is 5. The molecule has 3 heterocycles. The molecule has 5 heteroatoms. The fraction of sp³-hybridized carbons (Fsp3) is 0.174. The molecule has 0 aliphatic rings. The molecule has 8 aromatic rings. The average molecular weight is 664 g/mol. The Balaban J connectivity index is 1.43. The highest BCUT2D eigenvalue weighted by molar-refractivity contribution is 6.10. The SMILES string of the molecule is CC(C)(C)c1ccc2c(c1)c1cc(C(C)(C)C)ccc1n2-c1cc(-c2nc(-c3ccccc3)nc(-c3ccccc3)n2)ccc1-c1cccnc1. The smallest absolute Gasteiger partial charge is 0.164 e. The lowest BCUT2D eigenvalue weighted by atomic mass is 9.85. The summed E-state index contributed by atoms with van der Waals surface area (Å²) < 4.78 is 2.41. The van der Waals surface area contributed by atoms with Crippen LogP contribution in [0.25, 0.3) is 72.8 Å². The molecular weight excluding hydrogens is 623 g/mol. The number of hydrogen-bond acceptors (Lipinski definition) is 4. The zero-order valence-corrected chi connectivity index (χ0v) is 30.0. The second-order valence-electron chi connectivity index (χ2n) is 15.3. The molecule has 0 spiro atoms. The zero-order valence-electron chi connectivity index (χ0n) is 30.0. The predicted octanol–water partition coefficient (Wildman–Crippen LogP) is 11.6. The van der Waals surface area contributed by atoms with Crippen molar-refractivity contribution in [2.24, 2.45) is 0 Å². The molecule has 5 aromatic carbocycles. The van der Waals surface area contributed by atoms with Crippen LogP contribution in [-0.2, 0) is 10.8 Å². The molecule has 0 amide bonds. The molecule has 0 aliphatic heterocycles. The second-order valence-corrected chi connectivity index (χ2v) is 15.3. The third-order valence-electron chi connectivity index (χ3n) is 9.67. The van der Waals surface area contributed by atoms with Crippen molar-refractivity contribution in [3.05, 3.63) is 151 Å². The van der Waals surface area contributed by atoms with Crippen molar-refractivity contribution >= 4 is 21.8 Å². The van der Waals surface area contributed by atoms with E-state index in [4.69, 9.17) is 15.0 Å². The van der Waals surface area contributed by atoms with Gasteiger partial charge < -0.3 is 4.57 Å². The molecule has 0 saturated carbocycles. The van der Waals surface area contributed by atoms with Crippen molar-refractivity contribution in [2.75, 3.05) is 0 Å². The Kier molecular flexibility index (Phi) is 7.87. The van der Waals surface area contributed by atoms with Crippen LogP contribution in [0.5, 0.6) is 0 Å². The van der Waals surface area contributed by atoms with Gasteiger partial charge in [0.1, 0.15) is 0 Å². The second kappa shape index (κ2) is 12.4. The van der Waals surface area contributed by atoms with E-state index in [-0.39, 0.29) is 10.8 Å². The number of pyridine rings is 1. The Hall–Kier alpha value is -5.94. The summed E-state index contributed by atoms with van der Waals surface area (Å²) in [7, 11) is 0. The Labute approximate surface area is 299 Å². The first kappa shape index (κ1) is 32.3. The van der Waals surface area contributed by atoms with Crippen LogP contribution in [0, 0.1) is 0 Å². The minimum absolute atomic E-state index is 0.0106. The first-order valence-corrected chi connectivity index (χ1v) is 17.6. The van der Waals surface area contributed by atoms with Crippen molar-refractivity contribution < 1.29 is 0 Å². The van der Waals surface area contributed by atoms with Gasteiger partial charge >= 0.3 is 0 Å². The van der Waals surface area contributed by atoms with E-state index in [9.17, 15) is 0 Å². The molecular formula is C46H41N5. The van der Waals surface area contributed by atoms with Crippen LogP contribution in [0.2, 0.25) is 0 Å². The molecule has 0 bridgehead atoms. The van der Waals surface area contributed by atoms with Gasteiger partial charge in [0.2, 0.25) is 0 Å². The topological polar surface area (TPSA) is 56.5 Å². The molecule has 0 fully saturated rings. The molecule has 0 saturated heterocycles. The molecule has 0 N–H and O–H groups in total. The summed E-state index contributed by atoms with van der Waals surface area (Å²) in [6, 6.07) is 44.8. The van der Waals surface area contributed by atoms with Crippen molar-refractivity contribution in [3.8, 4) is 51.0 Å². The molecule has 51 heavy (non-hydrogen) atoms. The van der Waals surface area contributed by atoms with E-state index in [1.165, 1.54) is 21.9 Å². The summed E-state index contributed by atoms with van der Waals surface area (Å²) in [5.41, 5.74) is 10.9. The molecule has 0 aliphatic carbocycles. The van der Waals surface area contributed by atoms with Crippen LogP contribution >= 0.6 is 0 Å². The number of hydrogen-bond donors (Lipinski definition) is 0. The van der Waals surface area contributed by atoms with Crippen LogP contribution in [0.3, 0.4) is 0 Å². The lowest BCUT2D eigenvalue weighted by Gasteiger charge is -2.19. The highest BCUT2D eigenvalue weighted by atomic mass is 15.0. The number of fused-ring (bicyclic) bond motifs is 3. The first-order valence-electron chi connectivity index (χ1n) is 17.6. The minimum atomic E-state index is 0.0106. The normalized spacial score (nSPS) is 12.1. The summed E-state index contributed by atoms with van der Waals surface area (Å²) in [6.07, 6.45) is 3.76. The maximum absolute atomic E-state index is 5.08. The van der Waals surface area contributed by atoms with Crippen LogP contribution < -0.4 is 0 Å². The molecule has 8 rings (SSSR count). The quantitative estimate of drug-likeness (QED) is 0.184.